The molecule has 4 aromatic carbocycles. The molecule has 1 unspecified atom stereocenters. The van der Waals surface area contributed by atoms with Crippen molar-refractivity contribution in [3.8, 4) is 22.6 Å². The van der Waals surface area contributed by atoms with Gasteiger partial charge in [-0.2, -0.15) is 0 Å². The molecule has 2 N–H and O–H groups in total. The molecule has 0 saturated heterocycles. The second kappa shape index (κ2) is 12.4. The first kappa shape index (κ1) is 26.7. The summed E-state index contributed by atoms with van der Waals surface area (Å²) in [5, 5.41) is 13.3. The predicted molar refractivity (Wildman–Crippen MR) is 161 cm³/mol. The van der Waals surface area contributed by atoms with Gasteiger partial charge in [0.15, 0.2) is 11.7 Å². The Morgan fingerprint density at radius 1 is 0.854 bits per heavy atom. The van der Waals surface area contributed by atoms with Crippen LogP contribution in [0.25, 0.3) is 22.6 Å². The van der Waals surface area contributed by atoms with Crippen molar-refractivity contribution in [3.05, 3.63) is 138 Å². The maximum absolute atomic E-state index is 12.9. The highest BCUT2D eigenvalue weighted by molar-refractivity contribution is 5.94. The summed E-state index contributed by atoms with van der Waals surface area (Å²) in [6, 6.07) is 37.6. The van der Waals surface area contributed by atoms with Crippen LogP contribution in [-0.2, 0) is 6.42 Å². The largest absolute Gasteiger partial charge is 0.440 e. The van der Waals surface area contributed by atoms with Crippen LogP contribution in [0.1, 0.15) is 58.7 Å². The number of hydrogen-bond acceptors (Lipinski definition) is 4. The highest BCUT2D eigenvalue weighted by atomic mass is 16.4. The molecule has 5 nitrogen and oxygen atoms in total. The maximum Gasteiger partial charge on any atom is 0.251 e. The number of amides is 1. The molecule has 0 radical (unpaired) electrons. The first-order valence-corrected chi connectivity index (χ1v) is 14.4. The number of nitrogens with zero attached hydrogens (tertiary/aromatic N) is 1. The normalized spacial score (nSPS) is 17.3. The van der Waals surface area contributed by atoms with Crippen LogP contribution in [0.5, 0.6) is 0 Å². The summed E-state index contributed by atoms with van der Waals surface area (Å²) in [5.41, 5.74) is 5.46. The molecule has 5 aromatic rings. The van der Waals surface area contributed by atoms with Gasteiger partial charge in [0.05, 0.1) is 6.10 Å². The van der Waals surface area contributed by atoms with Gasteiger partial charge in [-0.1, -0.05) is 110 Å². The van der Waals surface area contributed by atoms with E-state index in [2.05, 4.69) is 35.6 Å². The molecule has 1 saturated carbocycles. The standard InChI is InChI=1S/C36H34N2O3/c39-32(26-13-4-1-5-14-26)24-37-35(40)30-20-10-12-25(23-30)22-29-19-11-21-31(29)36-38-33(27-15-6-2-7-16-27)34(41-36)28-17-8-3-9-18-28/h1-10,12-18,20,23,29,31-32,39H,11,19,21-22,24H2,(H,37,40)/t29-,31+,32?/m0/s1. The molecule has 1 heterocycles. The predicted octanol–water partition coefficient (Wildman–Crippen LogP) is 7.60. The molecule has 3 atom stereocenters. The van der Waals surface area contributed by atoms with E-state index in [0.717, 1.165) is 65.3 Å². The Balaban J connectivity index is 1.19. The second-order valence-electron chi connectivity index (χ2n) is 10.8. The van der Waals surface area contributed by atoms with Crippen LogP contribution in [0.4, 0.5) is 0 Å². The smallest absolute Gasteiger partial charge is 0.251 e. The Kier molecular flexibility index (Phi) is 8.06. The maximum atomic E-state index is 12.9. The van der Waals surface area contributed by atoms with Gasteiger partial charge in [0.1, 0.15) is 5.69 Å². The molecule has 1 amide bonds. The van der Waals surface area contributed by atoms with Gasteiger partial charge in [0.25, 0.3) is 5.91 Å². The summed E-state index contributed by atoms with van der Waals surface area (Å²) in [6.07, 6.45) is 3.35. The lowest BCUT2D eigenvalue weighted by atomic mass is 9.89. The number of aromatic nitrogens is 1. The summed E-state index contributed by atoms with van der Waals surface area (Å²) in [6.45, 7) is 0.162. The Bertz CT molecular complexity index is 1520. The van der Waals surface area contributed by atoms with Crippen LogP contribution in [0.3, 0.4) is 0 Å². The van der Waals surface area contributed by atoms with Crippen molar-refractivity contribution in [2.75, 3.05) is 6.54 Å². The third-order valence-electron chi connectivity index (χ3n) is 8.03. The molecule has 1 aliphatic carbocycles. The molecule has 0 aliphatic heterocycles. The quantitative estimate of drug-likeness (QED) is 0.201. The van der Waals surface area contributed by atoms with Crippen LogP contribution in [0.15, 0.2) is 120 Å². The zero-order valence-electron chi connectivity index (χ0n) is 22.9. The van der Waals surface area contributed by atoms with E-state index in [0.29, 0.717) is 11.5 Å². The van der Waals surface area contributed by atoms with Crippen LogP contribution >= 0.6 is 0 Å². The number of hydrogen-bond donors (Lipinski definition) is 2. The number of carbonyl (C=O) groups excluding carboxylic acids is 1. The first-order valence-electron chi connectivity index (χ1n) is 14.4. The summed E-state index contributed by atoms with van der Waals surface area (Å²) in [4.78, 5) is 18.0. The molecule has 1 fully saturated rings. The molecule has 1 aliphatic rings. The van der Waals surface area contributed by atoms with E-state index in [1.807, 2.05) is 84.9 Å². The minimum absolute atomic E-state index is 0.162. The molecule has 1 aromatic heterocycles. The number of nitrogens with one attached hydrogen (secondary N) is 1. The van der Waals surface area contributed by atoms with Crippen LogP contribution < -0.4 is 5.32 Å². The average molecular weight is 543 g/mol. The minimum atomic E-state index is -0.745. The zero-order valence-corrected chi connectivity index (χ0v) is 22.9. The van der Waals surface area contributed by atoms with Crippen molar-refractivity contribution in [3.63, 3.8) is 0 Å². The van der Waals surface area contributed by atoms with Crippen LogP contribution in [-0.4, -0.2) is 22.5 Å². The van der Waals surface area contributed by atoms with Crippen LogP contribution in [0, 0.1) is 5.92 Å². The number of aliphatic hydroxyl groups is 1. The molecule has 6 rings (SSSR count). The summed E-state index contributed by atoms with van der Waals surface area (Å²) in [5.74, 6) is 2.02. The topological polar surface area (TPSA) is 75.4 Å². The van der Waals surface area contributed by atoms with E-state index < -0.39 is 6.10 Å². The summed E-state index contributed by atoms with van der Waals surface area (Å²) in [7, 11) is 0. The number of rotatable bonds is 9. The highest BCUT2D eigenvalue weighted by Gasteiger charge is 2.33. The van der Waals surface area contributed by atoms with Gasteiger partial charge in [-0.3, -0.25) is 4.79 Å². The van der Waals surface area contributed by atoms with Gasteiger partial charge >= 0.3 is 0 Å². The van der Waals surface area contributed by atoms with Crippen molar-refractivity contribution >= 4 is 5.91 Å². The Labute approximate surface area is 240 Å². The number of aliphatic hydroxyl groups excluding tert-OH is 1. The van der Waals surface area contributed by atoms with E-state index in [-0.39, 0.29) is 18.4 Å². The molecule has 41 heavy (non-hydrogen) atoms. The van der Waals surface area contributed by atoms with Crippen LogP contribution in [0.2, 0.25) is 0 Å². The highest BCUT2D eigenvalue weighted by Crippen LogP contribution is 2.44. The van der Waals surface area contributed by atoms with Gasteiger partial charge in [0, 0.05) is 29.2 Å². The molecule has 0 bridgehead atoms. The monoisotopic (exact) mass is 542 g/mol. The van der Waals surface area contributed by atoms with E-state index >= 15 is 0 Å². The fraction of sp³-hybridized carbons (Fsp3) is 0.222. The van der Waals surface area contributed by atoms with Gasteiger partial charge in [0.2, 0.25) is 0 Å². The Morgan fingerprint density at radius 2 is 1.54 bits per heavy atom. The Morgan fingerprint density at radius 3 is 2.27 bits per heavy atom. The van der Waals surface area contributed by atoms with E-state index in [1.165, 1.54) is 0 Å². The Hall–Kier alpha value is -4.48. The summed E-state index contributed by atoms with van der Waals surface area (Å²) < 4.78 is 6.56. The lowest BCUT2D eigenvalue weighted by Gasteiger charge is -2.17. The molecule has 5 heteroatoms. The molecular formula is C36H34N2O3. The number of carbonyl (C=O) groups is 1. The van der Waals surface area contributed by atoms with Crippen molar-refractivity contribution < 1.29 is 14.3 Å². The van der Waals surface area contributed by atoms with E-state index in [4.69, 9.17) is 9.40 Å². The third kappa shape index (κ3) is 6.16. The fourth-order valence-corrected chi connectivity index (χ4v) is 5.91. The van der Waals surface area contributed by atoms with E-state index in [9.17, 15) is 9.90 Å². The minimum Gasteiger partial charge on any atom is -0.440 e. The molecule has 206 valence electrons. The fourth-order valence-electron chi connectivity index (χ4n) is 5.91. The zero-order chi connectivity index (χ0) is 28.0. The lowest BCUT2D eigenvalue weighted by molar-refractivity contribution is 0.0916. The van der Waals surface area contributed by atoms with Crippen molar-refractivity contribution in [2.24, 2.45) is 5.92 Å². The first-order chi connectivity index (χ1) is 20.2. The van der Waals surface area contributed by atoms with Crippen molar-refractivity contribution in [1.29, 1.82) is 0 Å². The van der Waals surface area contributed by atoms with Gasteiger partial charge in [-0.15, -0.1) is 0 Å². The molecular weight excluding hydrogens is 508 g/mol. The second-order valence-corrected chi connectivity index (χ2v) is 10.8. The number of oxazole rings is 1. The van der Waals surface area contributed by atoms with Gasteiger partial charge < -0.3 is 14.8 Å². The van der Waals surface area contributed by atoms with Gasteiger partial charge in [-0.25, -0.2) is 4.98 Å². The third-order valence-corrected chi connectivity index (χ3v) is 8.03. The lowest BCUT2D eigenvalue weighted by Crippen LogP contribution is -2.28. The average Bonchev–Trinajstić information content (AvgIpc) is 3.68. The SMILES string of the molecule is O=C(NCC(O)c1ccccc1)c1cccc(C[C@@H]2CCC[C@H]2c2nc(-c3ccccc3)c(-c3ccccc3)o2)c1. The van der Waals surface area contributed by atoms with E-state index in [1.54, 1.807) is 0 Å². The van der Waals surface area contributed by atoms with Gasteiger partial charge in [-0.05, 0) is 48.4 Å². The summed E-state index contributed by atoms with van der Waals surface area (Å²) >= 11 is 0. The molecule has 0 spiro atoms. The number of benzene rings is 4. The van der Waals surface area contributed by atoms with Crippen molar-refractivity contribution in [1.82, 2.24) is 10.3 Å². The van der Waals surface area contributed by atoms with Crippen molar-refractivity contribution in [2.45, 2.75) is 37.7 Å².